The van der Waals surface area contributed by atoms with Gasteiger partial charge in [-0.25, -0.2) is 4.79 Å². The van der Waals surface area contributed by atoms with Gasteiger partial charge >= 0.3 is 5.97 Å². The van der Waals surface area contributed by atoms with E-state index in [0.29, 0.717) is 22.6 Å². The molecular weight excluding hydrogens is 418 g/mol. The summed E-state index contributed by atoms with van der Waals surface area (Å²) in [4.78, 5) is 13.6. The summed E-state index contributed by atoms with van der Waals surface area (Å²) in [5.74, 6) is 0.856. The van der Waals surface area contributed by atoms with Crippen molar-refractivity contribution >= 4 is 5.97 Å². The van der Waals surface area contributed by atoms with Crippen LogP contribution in [0, 0.1) is 5.92 Å². The smallest absolute Gasteiger partial charge is 0.355 e. The Kier molecular flexibility index (Phi) is 5.96. The topological polar surface area (TPSA) is 68.9 Å². The lowest BCUT2D eigenvalue weighted by atomic mass is 9.84. The van der Waals surface area contributed by atoms with Crippen molar-refractivity contribution in [1.29, 1.82) is 0 Å². The number of carbonyl (C=O) groups excluding carboxylic acids is 1. The van der Waals surface area contributed by atoms with Gasteiger partial charge in [-0.1, -0.05) is 48.5 Å². The van der Waals surface area contributed by atoms with Crippen LogP contribution in [0.5, 0.6) is 5.75 Å². The Bertz CT molecular complexity index is 1040. The third-order valence-corrected chi connectivity index (χ3v) is 7.27. The second-order valence-corrected chi connectivity index (χ2v) is 9.14. The summed E-state index contributed by atoms with van der Waals surface area (Å²) in [6.07, 6.45) is 4.20. The molecule has 0 aliphatic carbocycles. The molecule has 0 radical (unpaired) electrons. The maximum atomic E-state index is 13.6. The van der Waals surface area contributed by atoms with Crippen molar-refractivity contribution in [1.82, 2.24) is 0 Å². The molecule has 172 valence electrons. The highest BCUT2D eigenvalue weighted by atomic mass is 16.6. The molecule has 2 aromatic carbocycles. The molecule has 6 rings (SSSR count). The molecule has 4 heterocycles. The largest absolute Gasteiger partial charge is 0.488 e. The molecule has 3 aromatic rings. The van der Waals surface area contributed by atoms with Crippen molar-refractivity contribution in [3.05, 3.63) is 90.4 Å². The Morgan fingerprint density at radius 2 is 1.70 bits per heavy atom. The number of esters is 1. The van der Waals surface area contributed by atoms with E-state index in [1.807, 2.05) is 36.4 Å². The van der Waals surface area contributed by atoms with Crippen LogP contribution in [-0.2, 0) is 15.1 Å². The van der Waals surface area contributed by atoms with Crippen LogP contribution in [0.1, 0.15) is 30.6 Å². The summed E-state index contributed by atoms with van der Waals surface area (Å²) in [6, 6.07) is 21.9. The highest BCUT2D eigenvalue weighted by molar-refractivity contribution is 5.84. The first-order valence-corrected chi connectivity index (χ1v) is 11.7. The third kappa shape index (κ3) is 4.16. The van der Waals surface area contributed by atoms with Gasteiger partial charge in [-0.3, -0.25) is 4.48 Å². The van der Waals surface area contributed by atoms with Gasteiger partial charge in [-0.2, -0.15) is 0 Å². The van der Waals surface area contributed by atoms with Gasteiger partial charge in [0.05, 0.1) is 19.4 Å². The van der Waals surface area contributed by atoms with E-state index in [-0.39, 0.29) is 12.0 Å². The summed E-state index contributed by atoms with van der Waals surface area (Å²) in [6.45, 7) is 3.20. The molecule has 0 amide bonds. The van der Waals surface area contributed by atoms with Crippen molar-refractivity contribution in [2.24, 2.45) is 5.92 Å². The average molecular weight is 449 g/mol. The molecule has 1 aromatic heterocycles. The van der Waals surface area contributed by atoms with Gasteiger partial charge < -0.3 is 19.0 Å². The van der Waals surface area contributed by atoms with Gasteiger partial charge in [0, 0.05) is 24.8 Å². The monoisotopic (exact) mass is 448 g/mol. The van der Waals surface area contributed by atoms with Gasteiger partial charge in [-0.15, -0.1) is 0 Å². The van der Waals surface area contributed by atoms with Gasteiger partial charge in [-0.05, 0) is 30.2 Å². The summed E-state index contributed by atoms with van der Waals surface area (Å²) >= 11 is 0. The molecule has 3 fully saturated rings. The van der Waals surface area contributed by atoms with Crippen LogP contribution in [0.2, 0.25) is 0 Å². The van der Waals surface area contributed by atoms with Gasteiger partial charge in [0.15, 0.2) is 5.76 Å². The number of para-hydroxylation sites is 1. The number of hydrogen-bond donors (Lipinski definition) is 1. The molecule has 0 saturated carbocycles. The fraction of sp³-hybridized carbons (Fsp3) is 0.370. The molecule has 6 nitrogen and oxygen atoms in total. The van der Waals surface area contributed by atoms with E-state index in [1.54, 1.807) is 36.4 Å². The standard InChI is InChI=1S/C27H30NO5/c29-26(27(30,24-12-7-18-32-24)22-8-3-1-4-9-22)33-25-20-21-13-15-28(25,16-14-21)17-19-31-23-10-5-2-6-11-23/h1-12,18,21,25,30H,13-17,19-20H2/q+1/t21?,25-,27?,28?/m1/s1. The lowest BCUT2D eigenvalue weighted by Crippen LogP contribution is -2.66. The summed E-state index contributed by atoms with van der Waals surface area (Å²) < 4.78 is 18.3. The number of aliphatic hydroxyl groups is 1. The summed E-state index contributed by atoms with van der Waals surface area (Å²) in [5.41, 5.74) is -1.56. The zero-order valence-electron chi connectivity index (χ0n) is 18.6. The Morgan fingerprint density at radius 3 is 2.36 bits per heavy atom. The predicted octanol–water partition coefficient (Wildman–Crippen LogP) is 4.09. The van der Waals surface area contributed by atoms with Crippen LogP contribution < -0.4 is 4.74 Å². The minimum Gasteiger partial charge on any atom is -0.488 e. The minimum atomic E-state index is -1.99. The van der Waals surface area contributed by atoms with E-state index in [4.69, 9.17) is 13.9 Å². The van der Waals surface area contributed by atoms with Gasteiger partial charge in [0.25, 0.3) is 0 Å². The number of nitrogens with zero attached hydrogens (tertiary/aromatic N) is 1. The Balaban J connectivity index is 1.36. The van der Waals surface area contributed by atoms with Crippen LogP contribution in [0.4, 0.5) is 0 Å². The van der Waals surface area contributed by atoms with Gasteiger partial charge in [0.2, 0.25) is 11.8 Å². The first-order valence-electron chi connectivity index (χ1n) is 11.7. The second kappa shape index (κ2) is 9.04. The van der Waals surface area contributed by atoms with E-state index in [9.17, 15) is 9.90 Å². The zero-order chi connectivity index (χ0) is 22.7. The Hall–Kier alpha value is -3.09. The third-order valence-electron chi connectivity index (χ3n) is 7.27. The predicted molar refractivity (Wildman–Crippen MR) is 122 cm³/mol. The Labute approximate surface area is 193 Å². The van der Waals surface area contributed by atoms with E-state index in [1.165, 1.54) is 6.26 Å². The first kappa shape index (κ1) is 21.7. The number of fused-ring (bicyclic) bond motifs is 3. The molecule has 33 heavy (non-hydrogen) atoms. The van der Waals surface area contributed by atoms with Crippen molar-refractivity contribution in [3.8, 4) is 5.75 Å². The minimum absolute atomic E-state index is 0.161. The zero-order valence-corrected chi connectivity index (χ0v) is 18.6. The molecule has 3 aliphatic heterocycles. The lowest BCUT2D eigenvalue weighted by molar-refractivity contribution is -0.984. The summed E-state index contributed by atoms with van der Waals surface area (Å²) in [5, 5.41) is 11.6. The van der Waals surface area contributed by atoms with Crippen molar-refractivity contribution in [2.45, 2.75) is 31.1 Å². The van der Waals surface area contributed by atoms with Crippen molar-refractivity contribution in [2.75, 3.05) is 26.2 Å². The van der Waals surface area contributed by atoms with Crippen LogP contribution in [0.3, 0.4) is 0 Å². The number of hydrogen-bond acceptors (Lipinski definition) is 5. The fourth-order valence-electron chi connectivity index (χ4n) is 5.29. The number of ether oxygens (including phenoxy) is 2. The molecule has 1 unspecified atom stereocenters. The maximum Gasteiger partial charge on any atom is 0.355 e. The highest BCUT2D eigenvalue weighted by Crippen LogP contribution is 2.41. The molecule has 2 atom stereocenters. The number of quaternary nitrogens is 1. The lowest BCUT2D eigenvalue weighted by Gasteiger charge is -2.53. The van der Waals surface area contributed by atoms with Crippen LogP contribution in [-0.4, -0.2) is 48.0 Å². The molecule has 3 aliphatic rings. The van der Waals surface area contributed by atoms with Crippen molar-refractivity contribution < 1.29 is 28.3 Å². The Morgan fingerprint density at radius 1 is 1.00 bits per heavy atom. The molecule has 6 heteroatoms. The number of furan rings is 1. The maximum absolute atomic E-state index is 13.6. The first-order chi connectivity index (χ1) is 16.1. The van der Waals surface area contributed by atoms with Crippen LogP contribution in [0.25, 0.3) is 0 Å². The van der Waals surface area contributed by atoms with E-state index in [2.05, 4.69) is 0 Å². The normalized spacial score (nSPS) is 25.8. The quantitative estimate of drug-likeness (QED) is 0.415. The number of rotatable bonds is 8. The number of piperidine rings is 3. The van der Waals surface area contributed by atoms with E-state index < -0.39 is 11.6 Å². The van der Waals surface area contributed by atoms with Crippen molar-refractivity contribution in [3.63, 3.8) is 0 Å². The summed E-state index contributed by atoms with van der Waals surface area (Å²) in [7, 11) is 0. The van der Waals surface area contributed by atoms with Crippen LogP contribution >= 0.6 is 0 Å². The number of carbonyl (C=O) groups is 1. The number of benzene rings is 2. The molecule has 0 spiro atoms. The molecule has 2 bridgehead atoms. The molecular formula is C27H30NO5+. The van der Waals surface area contributed by atoms with Crippen LogP contribution in [0.15, 0.2) is 83.5 Å². The SMILES string of the molecule is O=C(O[C@@H]1CC2CC[N+]1(CCOc1ccccc1)CC2)C(O)(c1ccccc1)c1ccco1. The van der Waals surface area contributed by atoms with Gasteiger partial charge in [0.1, 0.15) is 18.9 Å². The highest BCUT2D eigenvalue weighted by Gasteiger charge is 2.53. The second-order valence-electron chi connectivity index (χ2n) is 9.14. The average Bonchev–Trinajstić information content (AvgIpc) is 3.41. The molecule has 1 N–H and O–H groups in total. The van der Waals surface area contributed by atoms with E-state index >= 15 is 0 Å². The van der Waals surface area contributed by atoms with E-state index in [0.717, 1.165) is 44.6 Å². The fourth-order valence-corrected chi connectivity index (χ4v) is 5.29. The molecule has 3 saturated heterocycles.